The summed E-state index contributed by atoms with van der Waals surface area (Å²) in [6.45, 7) is 8.73. The van der Waals surface area contributed by atoms with Crippen LogP contribution in [0.5, 0.6) is 0 Å². The second kappa shape index (κ2) is 9.54. The van der Waals surface area contributed by atoms with Crippen LogP contribution in [-0.4, -0.2) is 29.7 Å². The van der Waals surface area contributed by atoms with Gasteiger partial charge in [0.2, 0.25) is 0 Å². The van der Waals surface area contributed by atoms with Crippen LogP contribution in [0.3, 0.4) is 0 Å². The predicted octanol–water partition coefficient (Wildman–Crippen LogP) is 4.80. The van der Waals surface area contributed by atoms with Crippen molar-refractivity contribution >= 4 is 0 Å². The molecular formula is C24H30N2O. The van der Waals surface area contributed by atoms with Crippen molar-refractivity contribution in [2.24, 2.45) is 0 Å². The highest BCUT2D eigenvalue weighted by atomic mass is 16.5. The molecule has 0 fully saturated rings. The molecule has 0 saturated heterocycles. The Labute approximate surface area is 163 Å². The molecule has 0 atom stereocenters. The molecule has 0 aliphatic rings. The van der Waals surface area contributed by atoms with Gasteiger partial charge in [-0.1, -0.05) is 54.1 Å². The van der Waals surface area contributed by atoms with E-state index in [1.165, 1.54) is 27.9 Å². The van der Waals surface area contributed by atoms with Crippen molar-refractivity contribution in [1.82, 2.24) is 9.47 Å². The fraction of sp³-hybridized carbons (Fsp3) is 0.333. The smallest absolute Gasteiger partial charge is 0.0589 e. The van der Waals surface area contributed by atoms with Gasteiger partial charge in [-0.25, -0.2) is 0 Å². The van der Waals surface area contributed by atoms with E-state index in [9.17, 15) is 0 Å². The second-order valence-corrected chi connectivity index (χ2v) is 7.24. The van der Waals surface area contributed by atoms with Crippen molar-refractivity contribution in [3.63, 3.8) is 0 Å². The maximum absolute atomic E-state index is 5.34. The quantitative estimate of drug-likeness (QED) is 0.544. The minimum Gasteiger partial charge on any atom is -0.383 e. The zero-order chi connectivity index (χ0) is 19.1. The molecule has 1 heterocycles. The van der Waals surface area contributed by atoms with E-state index in [4.69, 9.17) is 4.74 Å². The number of nitrogens with zero attached hydrogens (tertiary/aromatic N) is 2. The topological polar surface area (TPSA) is 17.4 Å². The van der Waals surface area contributed by atoms with Crippen molar-refractivity contribution in [2.45, 2.75) is 33.5 Å². The molecular weight excluding hydrogens is 332 g/mol. The Morgan fingerprint density at radius 3 is 2.41 bits per heavy atom. The number of hydrogen-bond acceptors (Lipinski definition) is 2. The molecule has 0 unspecified atom stereocenters. The second-order valence-electron chi connectivity index (χ2n) is 7.24. The van der Waals surface area contributed by atoms with Crippen LogP contribution in [0.4, 0.5) is 0 Å². The minimum atomic E-state index is 0.740. The van der Waals surface area contributed by atoms with Crippen molar-refractivity contribution in [1.29, 1.82) is 0 Å². The van der Waals surface area contributed by atoms with Gasteiger partial charge in [-0.15, -0.1) is 0 Å². The summed E-state index contributed by atoms with van der Waals surface area (Å²) in [6.07, 6.45) is 2.18. The van der Waals surface area contributed by atoms with Crippen LogP contribution in [0.15, 0.2) is 66.9 Å². The molecule has 0 bridgehead atoms. The number of rotatable bonds is 9. The molecule has 0 saturated carbocycles. The monoisotopic (exact) mass is 362 g/mol. The number of hydrogen-bond donors (Lipinski definition) is 0. The fourth-order valence-corrected chi connectivity index (χ4v) is 3.33. The van der Waals surface area contributed by atoms with Crippen LogP contribution in [0.2, 0.25) is 0 Å². The van der Waals surface area contributed by atoms with Gasteiger partial charge in [0.1, 0.15) is 0 Å². The summed E-state index contributed by atoms with van der Waals surface area (Å²) < 4.78 is 7.70. The van der Waals surface area contributed by atoms with Gasteiger partial charge in [0.05, 0.1) is 6.61 Å². The van der Waals surface area contributed by atoms with Gasteiger partial charge in [-0.2, -0.15) is 0 Å². The van der Waals surface area contributed by atoms with Crippen LogP contribution in [0.1, 0.15) is 27.9 Å². The Morgan fingerprint density at radius 1 is 0.889 bits per heavy atom. The summed E-state index contributed by atoms with van der Waals surface area (Å²) >= 11 is 0. The Morgan fingerprint density at radius 2 is 1.67 bits per heavy atom. The Bertz CT molecular complexity index is 836. The minimum absolute atomic E-state index is 0.740. The van der Waals surface area contributed by atoms with Crippen LogP contribution < -0.4 is 0 Å². The molecule has 3 aromatic rings. The average molecular weight is 363 g/mol. The largest absolute Gasteiger partial charge is 0.383 e. The molecule has 3 nitrogen and oxygen atoms in total. The molecule has 0 amide bonds. The van der Waals surface area contributed by atoms with Crippen LogP contribution in [0, 0.1) is 13.8 Å². The average Bonchev–Trinajstić information content (AvgIpc) is 3.10. The van der Waals surface area contributed by atoms with E-state index in [2.05, 4.69) is 90.2 Å². The van der Waals surface area contributed by atoms with Gasteiger partial charge in [0.25, 0.3) is 0 Å². The summed E-state index contributed by atoms with van der Waals surface area (Å²) in [4.78, 5) is 2.46. The van der Waals surface area contributed by atoms with Gasteiger partial charge in [0.15, 0.2) is 0 Å². The molecule has 0 radical (unpaired) electrons. The first-order valence-corrected chi connectivity index (χ1v) is 9.61. The van der Waals surface area contributed by atoms with Crippen LogP contribution >= 0.6 is 0 Å². The summed E-state index contributed by atoms with van der Waals surface area (Å²) in [5.41, 5.74) is 6.69. The third kappa shape index (κ3) is 5.56. The molecule has 27 heavy (non-hydrogen) atoms. The standard InChI is InChI=1S/C24H30N2O/c1-20-10-12-22(13-11-20)17-25(15-16-27-3)19-24-9-6-14-26(24)18-23-8-5-4-7-21(23)2/h4-14H,15-19H2,1-3H3. The molecule has 0 spiro atoms. The van der Waals surface area contributed by atoms with E-state index in [0.29, 0.717) is 0 Å². The lowest BCUT2D eigenvalue weighted by Crippen LogP contribution is -2.27. The van der Waals surface area contributed by atoms with E-state index in [1.807, 2.05) is 0 Å². The first-order valence-electron chi connectivity index (χ1n) is 9.61. The summed E-state index contributed by atoms with van der Waals surface area (Å²) in [5, 5.41) is 0. The zero-order valence-electron chi connectivity index (χ0n) is 16.7. The highest BCUT2D eigenvalue weighted by Crippen LogP contribution is 2.15. The van der Waals surface area contributed by atoms with Crippen molar-refractivity contribution in [3.05, 3.63) is 94.8 Å². The SMILES string of the molecule is COCCN(Cc1ccc(C)cc1)Cc1cccn1Cc1ccccc1C. The number of benzene rings is 2. The first-order chi connectivity index (χ1) is 13.2. The van der Waals surface area contributed by atoms with Gasteiger partial charge >= 0.3 is 0 Å². The van der Waals surface area contributed by atoms with Gasteiger partial charge in [0, 0.05) is 45.2 Å². The predicted molar refractivity (Wildman–Crippen MR) is 112 cm³/mol. The Kier molecular flexibility index (Phi) is 6.86. The molecule has 3 heteroatoms. The summed E-state index contributed by atoms with van der Waals surface area (Å²) in [6, 6.07) is 21.8. The van der Waals surface area contributed by atoms with E-state index < -0.39 is 0 Å². The maximum Gasteiger partial charge on any atom is 0.0589 e. The van der Waals surface area contributed by atoms with Crippen LogP contribution in [0.25, 0.3) is 0 Å². The van der Waals surface area contributed by atoms with Gasteiger partial charge in [-0.3, -0.25) is 4.90 Å². The van der Waals surface area contributed by atoms with Crippen molar-refractivity contribution in [2.75, 3.05) is 20.3 Å². The number of aromatic nitrogens is 1. The maximum atomic E-state index is 5.34. The number of aryl methyl sites for hydroxylation is 2. The summed E-state index contributed by atoms with van der Waals surface area (Å²) in [7, 11) is 1.77. The van der Waals surface area contributed by atoms with Gasteiger partial charge < -0.3 is 9.30 Å². The van der Waals surface area contributed by atoms with Crippen molar-refractivity contribution in [3.8, 4) is 0 Å². The highest BCUT2D eigenvalue weighted by molar-refractivity contribution is 5.27. The van der Waals surface area contributed by atoms with Gasteiger partial charge in [-0.05, 0) is 42.7 Å². The molecule has 0 aliphatic carbocycles. The van der Waals surface area contributed by atoms with E-state index >= 15 is 0 Å². The zero-order valence-corrected chi connectivity index (χ0v) is 16.7. The third-order valence-electron chi connectivity index (χ3n) is 5.05. The third-order valence-corrected chi connectivity index (χ3v) is 5.05. The van der Waals surface area contributed by atoms with E-state index in [1.54, 1.807) is 7.11 Å². The first kappa shape index (κ1) is 19.4. The molecule has 2 aromatic carbocycles. The molecule has 1 aromatic heterocycles. The Hall–Kier alpha value is -2.36. The molecule has 0 aliphatic heterocycles. The number of ether oxygens (including phenoxy) is 1. The van der Waals surface area contributed by atoms with E-state index in [0.717, 1.165) is 32.8 Å². The number of methoxy groups -OCH3 is 1. The van der Waals surface area contributed by atoms with Crippen LogP contribution in [-0.2, 0) is 24.4 Å². The molecule has 3 rings (SSSR count). The molecule has 142 valence electrons. The lowest BCUT2D eigenvalue weighted by Gasteiger charge is -2.23. The molecule has 0 N–H and O–H groups in total. The summed E-state index contributed by atoms with van der Waals surface area (Å²) in [5.74, 6) is 0. The van der Waals surface area contributed by atoms with Crippen molar-refractivity contribution < 1.29 is 4.74 Å². The highest BCUT2D eigenvalue weighted by Gasteiger charge is 2.11. The lowest BCUT2D eigenvalue weighted by molar-refractivity contribution is 0.138. The Balaban J connectivity index is 1.73. The normalized spacial score (nSPS) is 11.3. The van der Waals surface area contributed by atoms with E-state index in [-0.39, 0.29) is 0 Å². The fourth-order valence-electron chi connectivity index (χ4n) is 3.33. The lowest BCUT2D eigenvalue weighted by atomic mass is 10.1.